The van der Waals surface area contributed by atoms with Crippen molar-refractivity contribution >= 4 is 5.97 Å². The van der Waals surface area contributed by atoms with Crippen molar-refractivity contribution in [2.45, 2.75) is 6.61 Å². The van der Waals surface area contributed by atoms with Crippen molar-refractivity contribution in [3.63, 3.8) is 0 Å². The van der Waals surface area contributed by atoms with Crippen LogP contribution in [0.3, 0.4) is 0 Å². The lowest BCUT2D eigenvalue weighted by Gasteiger charge is -2.07. The molecular formula is C28H21N3O3. The van der Waals surface area contributed by atoms with Crippen LogP contribution in [0.5, 0.6) is 11.5 Å². The molecule has 0 saturated carbocycles. The Kier molecular flexibility index (Phi) is 6.12. The number of carbonyl (C=O) groups excluding carboxylic acids is 1. The van der Waals surface area contributed by atoms with Gasteiger partial charge in [-0.05, 0) is 42.0 Å². The summed E-state index contributed by atoms with van der Waals surface area (Å²) in [6.45, 7) is 0.461. The maximum atomic E-state index is 12.8. The molecule has 6 heteroatoms. The van der Waals surface area contributed by atoms with Crippen molar-refractivity contribution in [2.75, 3.05) is 0 Å². The zero-order valence-electron chi connectivity index (χ0n) is 18.2. The second-order valence-corrected chi connectivity index (χ2v) is 7.51. The molecule has 0 atom stereocenters. The molecule has 0 radical (unpaired) electrons. The van der Waals surface area contributed by atoms with Gasteiger partial charge in [-0.1, -0.05) is 78.9 Å². The van der Waals surface area contributed by atoms with E-state index in [9.17, 15) is 4.79 Å². The molecule has 0 aliphatic rings. The van der Waals surface area contributed by atoms with Gasteiger partial charge in [-0.15, -0.1) is 5.10 Å². The highest BCUT2D eigenvalue weighted by atomic mass is 16.5. The number of benzene rings is 4. The van der Waals surface area contributed by atoms with Gasteiger partial charge in [-0.2, -0.15) is 0 Å². The average molecular weight is 447 g/mol. The number of rotatable bonds is 7. The summed E-state index contributed by atoms with van der Waals surface area (Å²) < 4.78 is 13.0. The van der Waals surface area contributed by atoms with Gasteiger partial charge in [0.25, 0.3) is 5.82 Å². The standard InChI is InChI=1S/C28H21N3O3/c32-28(34-25-18-16-24(17-19-25)33-20-21-10-4-1-5-11-21)26-29-27(22-12-6-2-7-13-22)31(30-26)23-14-8-3-9-15-23/h1-19H,20H2. The number of hydrogen-bond acceptors (Lipinski definition) is 5. The summed E-state index contributed by atoms with van der Waals surface area (Å²) in [6, 6.07) is 36.0. The largest absolute Gasteiger partial charge is 0.489 e. The van der Waals surface area contributed by atoms with Crippen LogP contribution in [0.2, 0.25) is 0 Å². The molecule has 1 aromatic heterocycles. The van der Waals surface area contributed by atoms with Crippen LogP contribution in [0.15, 0.2) is 115 Å². The molecule has 0 amide bonds. The lowest BCUT2D eigenvalue weighted by atomic mass is 10.2. The average Bonchev–Trinajstić information content (AvgIpc) is 3.36. The van der Waals surface area contributed by atoms with Crippen molar-refractivity contribution in [3.8, 4) is 28.6 Å². The minimum atomic E-state index is -0.634. The van der Waals surface area contributed by atoms with Gasteiger partial charge in [0.15, 0.2) is 5.82 Å². The van der Waals surface area contributed by atoms with Crippen LogP contribution < -0.4 is 9.47 Å². The van der Waals surface area contributed by atoms with Gasteiger partial charge < -0.3 is 9.47 Å². The summed E-state index contributed by atoms with van der Waals surface area (Å²) in [5.74, 6) is 0.969. The molecule has 5 aromatic rings. The van der Waals surface area contributed by atoms with E-state index in [1.54, 1.807) is 28.9 Å². The minimum absolute atomic E-state index is 0.0212. The van der Waals surface area contributed by atoms with Gasteiger partial charge in [0, 0.05) is 5.56 Å². The van der Waals surface area contributed by atoms with Crippen molar-refractivity contribution in [3.05, 3.63) is 127 Å². The first-order valence-electron chi connectivity index (χ1n) is 10.8. The maximum absolute atomic E-state index is 12.8. The van der Waals surface area contributed by atoms with E-state index in [2.05, 4.69) is 10.1 Å². The monoisotopic (exact) mass is 447 g/mol. The highest BCUT2D eigenvalue weighted by molar-refractivity contribution is 5.87. The van der Waals surface area contributed by atoms with E-state index in [0.717, 1.165) is 16.8 Å². The number of nitrogens with zero attached hydrogens (tertiary/aromatic N) is 3. The summed E-state index contributed by atoms with van der Waals surface area (Å²) in [5, 5.41) is 4.44. The van der Waals surface area contributed by atoms with Gasteiger partial charge in [-0.3, -0.25) is 0 Å². The molecule has 0 N–H and O–H groups in total. The van der Waals surface area contributed by atoms with Gasteiger partial charge in [-0.25, -0.2) is 14.5 Å². The Morgan fingerprint density at radius 1 is 0.706 bits per heavy atom. The van der Waals surface area contributed by atoms with Crippen LogP contribution in [0.25, 0.3) is 17.1 Å². The Balaban J connectivity index is 1.33. The first kappa shape index (κ1) is 21.2. The lowest BCUT2D eigenvalue weighted by molar-refractivity contribution is 0.0722. The Morgan fingerprint density at radius 2 is 1.29 bits per heavy atom. The molecule has 0 aliphatic carbocycles. The lowest BCUT2D eigenvalue weighted by Crippen LogP contribution is -2.11. The molecule has 0 bridgehead atoms. The Morgan fingerprint density at radius 3 is 1.97 bits per heavy atom. The van der Waals surface area contributed by atoms with Gasteiger partial charge in [0.05, 0.1) is 5.69 Å². The second-order valence-electron chi connectivity index (χ2n) is 7.51. The van der Waals surface area contributed by atoms with E-state index in [-0.39, 0.29) is 5.82 Å². The Labute approximate surface area is 197 Å². The molecule has 0 aliphatic heterocycles. The number of esters is 1. The maximum Gasteiger partial charge on any atom is 0.383 e. The normalized spacial score (nSPS) is 10.6. The number of carbonyl (C=O) groups is 1. The van der Waals surface area contributed by atoms with Crippen LogP contribution in [-0.2, 0) is 6.61 Å². The summed E-state index contributed by atoms with van der Waals surface area (Å²) in [4.78, 5) is 17.3. The summed E-state index contributed by atoms with van der Waals surface area (Å²) in [7, 11) is 0. The molecule has 0 unspecified atom stereocenters. The molecule has 1 heterocycles. The zero-order chi connectivity index (χ0) is 23.2. The summed E-state index contributed by atoms with van der Waals surface area (Å²) in [6.07, 6.45) is 0. The summed E-state index contributed by atoms with van der Waals surface area (Å²) >= 11 is 0. The molecule has 34 heavy (non-hydrogen) atoms. The zero-order valence-corrected chi connectivity index (χ0v) is 18.2. The highest BCUT2D eigenvalue weighted by Gasteiger charge is 2.20. The molecular weight excluding hydrogens is 426 g/mol. The number of ether oxygens (including phenoxy) is 2. The van der Waals surface area contributed by atoms with Crippen molar-refractivity contribution in [2.24, 2.45) is 0 Å². The third-order valence-electron chi connectivity index (χ3n) is 5.11. The second kappa shape index (κ2) is 9.83. The predicted octanol–water partition coefficient (Wildman–Crippen LogP) is 5.73. The molecule has 166 valence electrons. The van der Waals surface area contributed by atoms with E-state index in [4.69, 9.17) is 9.47 Å². The van der Waals surface area contributed by atoms with E-state index in [1.165, 1.54) is 0 Å². The third-order valence-corrected chi connectivity index (χ3v) is 5.11. The Hall–Kier alpha value is -4.71. The van der Waals surface area contributed by atoms with Crippen LogP contribution in [0.4, 0.5) is 0 Å². The Bertz CT molecular complexity index is 1310. The molecule has 6 nitrogen and oxygen atoms in total. The fraction of sp³-hybridized carbons (Fsp3) is 0.0357. The summed E-state index contributed by atoms with van der Waals surface area (Å²) in [5.41, 5.74) is 2.72. The van der Waals surface area contributed by atoms with Crippen molar-refractivity contribution in [1.29, 1.82) is 0 Å². The fourth-order valence-electron chi connectivity index (χ4n) is 3.42. The minimum Gasteiger partial charge on any atom is -0.489 e. The van der Waals surface area contributed by atoms with Crippen LogP contribution >= 0.6 is 0 Å². The number of hydrogen-bond donors (Lipinski definition) is 0. The van der Waals surface area contributed by atoms with Crippen LogP contribution in [0, 0.1) is 0 Å². The molecule has 0 fully saturated rings. The first-order chi connectivity index (χ1) is 16.8. The first-order valence-corrected chi connectivity index (χ1v) is 10.8. The van der Waals surface area contributed by atoms with Crippen LogP contribution in [0.1, 0.15) is 16.2 Å². The van der Waals surface area contributed by atoms with Gasteiger partial charge >= 0.3 is 5.97 Å². The van der Waals surface area contributed by atoms with Crippen LogP contribution in [-0.4, -0.2) is 20.7 Å². The molecule has 0 spiro atoms. The van der Waals surface area contributed by atoms with E-state index in [1.807, 2.05) is 91.0 Å². The van der Waals surface area contributed by atoms with E-state index < -0.39 is 5.97 Å². The predicted molar refractivity (Wildman–Crippen MR) is 129 cm³/mol. The SMILES string of the molecule is O=C(Oc1ccc(OCc2ccccc2)cc1)c1nc(-c2ccccc2)n(-c2ccccc2)n1. The van der Waals surface area contributed by atoms with E-state index in [0.29, 0.717) is 23.9 Å². The van der Waals surface area contributed by atoms with Crippen molar-refractivity contribution in [1.82, 2.24) is 14.8 Å². The number of para-hydroxylation sites is 1. The molecule has 4 aromatic carbocycles. The smallest absolute Gasteiger partial charge is 0.383 e. The van der Waals surface area contributed by atoms with Gasteiger partial charge in [0.1, 0.15) is 18.1 Å². The molecule has 5 rings (SSSR count). The fourth-order valence-corrected chi connectivity index (χ4v) is 3.42. The number of aromatic nitrogens is 3. The molecule has 0 saturated heterocycles. The third kappa shape index (κ3) is 4.86. The topological polar surface area (TPSA) is 66.2 Å². The van der Waals surface area contributed by atoms with Crippen molar-refractivity contribution < 1.29 is 14.3 Å². The van der Waals surface area contributed by atoms with Gasteiger partial charge in [0.2, 0.25) is 0 Å². The highest BCUT2D eigenvalue weighted by Crippen LogP contribution is 2.23. The quantitative estimate of drug-likeness (QED) is 0.235. The van der Waals surface area contributed by atoms with E-state index >= 15 is 0 Å².